The van der Waals surface area contributed by atoms with Gasteiger partial charge in [0.2, 0.25) is 0 Å². The van der Waals surface area contributed by atoms with Gasteiger partial charge >= 0.3 is 5.97 Å². The summed E-state index contributed by atoms with van der Waals surface area (Å²) in [6, 6.07) is 15.6. The van der Waals surface area contributed by atoms with Crippen LogP contribution in [0.1, 0.15) is 23.0 Å². The number of fused-ring (bicyclic) bond motifs is 2. The molecule has 0 aliphatic rings. The van der Waals surface area contributed by atoms with Crippen molar-refractivity contribution in [1.29, 1.82) is 5.26 Å². The fraction of sp³-hybridized carbons (Fsp3) is 0.100. The lowest BCUT2D eigenvalue weighted by Gasteiger charge is -2.05. The number of nitrogens with one attached hydrogen (secondary N) is 1. The van der Waals surface area contributed by atoms with E-state index in [0.717, 1.165) is 16.3 Å². The number of aromatic nitrogens is 3. The molecule has 0 saturated heterocycles. The van der Waals surface area contributed by atoms with E-state index in [-0.39, 0.29) is 23.4 Å². The lowest BCUT2D eigenvalue weighted by atomic mass is 10.1. The van der Waals surface area contributed by atoms with Crippen LogP contribution >= 0.6 is 0 Å². The van der Waals surface area contributed by atoms with Crippen molar-refractivity contribution in [1.82, 2.24) is 14.6 Å². The Morgan fingerprint density at radius 1 is 1.26 bits per heavy atom. The highest BCUT2D eigenvalue weighted by atomic mass is 16.5. The second kappa shape index (κ2) is 6.42. The first kappa shape index (κ1) is 16.5. The first-order valence-corrected chi connectivity index (χ1v) is 8.34. The Morgan fingerprint density at radius 3 is 2.78 bits per heavy atom. The van der Waals surface area contributed by atoms with Gasteiger partial charge in [0.1, 0.15) is 17.1 Å². The molecule has 2 aromatic carbocycles. The van der Waals surface area contributed by atoms with Crippen molar-refractivity contribution in [3.8, 4) is 17.3 Å². The van der Waals surface area contributed by atoms with Gasteiger partial charge in [0.25, 0.3) is 5.56 Å². The lowest BCUT2D eigenvalue weighted by molar-refractivity contribution is 0.0518. The number of carbonyl (C=O) groups excluding carboxylic acids is 1. The topological polar surface area (TPSA) is 100 Å². The van der Waals surface area contributed by atoms with E-state index >= 15 is 0 Å². The van der Waals surface area contributed by atoms with Gasteiger partial charge in [-0.1, -0.05) is 36.4 Å². The van der Waals surface area contributed by atoms with Crippen LogP contribution in [0.15, 0.2) is 53.5 Å². The molecule has 27 heavy (non-hydrogen) atoms. The molecule has 0 fully saturated rings. The molecule has 0 amide bonds. The summed E-state index contributed by atoms with van der Waals surface area (Å²) in [5.74, 6) is -0.732. The number of H-pyrrole nitrogens is 1. The smallest absolute Gasteiger partial charge is 0.360 e. The van der Waals surface area contributed by atoms with Crippen LogP contribution in [0.3, 0.4) is 0 Å². The minimum atomic E-state index is -0.732. The molecule has 0 atom stereocenters. The third-order valence-corrected chi connectivity index (χ3v) is 4.27. The molecule has 0 saturated carbocycles. The number of rotatable bonds is 3. The molecule has 4 aromatic rings. The Morgan fingerprint density at radius 2 is 2.04 bits per heavy atom. The summed E-state index contributed by atoms with van der Waals surface area (Å²) < 4.78 is 6.18. The van der Waals surface area contributed by atoms with E-state index in [2.05, 4.69) is 10.1 Å². The summed E-state index contributed by atoms with van der Waals surface area (Å²) in [4.78, 5) is 27.4. The van der Waals surface area contributed by atoms with Gasteiger partial charge in [0, 0.05) is 5.56 Å². The quantitative estimate of drug-likeness (QED) is 0.568. The number of aromatic amines is 1. The Bertz CT molecular complexity index is 1290. The molecule has 0 radical (unpaired) electrons. The number of ether oxygens (including phenoxy) is 1. The number of hydrogen-bond acceptors (Lipinski definition) is 5. The Kier molecular flexibility index (Phi) is 3.94. The molecular formula is C20H14N4O3. The van der Waals surface area contributed by atoms with Crippen LogP contribution in [0.2, 0.25) is 0 Å². The van der Waals surface area contributed by atoms with E-state index in [1.165, 1.54) is 4.52 Å². The zero-order valence-electron chi connectivity index (χ0n) is 14.4. The van der Waals surface area contributed by atoms with Crippen LogP contribution in [0.5, 0.6) is 0 Å². The van der Waals surface area contributed by atoms with Crippen molar-refractivity contribution in [2.24, 2.45) is 0 Å². The number of benzene rings is 2. The Balaban J connectivity index is 1.92. The van der Waals surface area contributed by atoms with Gasteiger partial charge in [-0.25, -0.2) is 9.31 Å². The van der Waals surface area contributed by atoms with Gasteiger partial charge in [-0.3, -0.25) is 4.79 Å². The predicted molar refractivity (Wildman–Crippen MR) is 99.4 cm³/mol. The van der Waals surface area contributed by atoms with Crippen LogP contribution in [0.25, 0.3) is 27.5 Å². The number of carbonyl (C=O) groups is 1. The van der Waals surface area contributed by atoms with Crippen LogP contribution in [0.4, 0.5) is 0 Å². The van der Waals surface area contributed by atoms with Gasteiger partial charge in [0.15, 0.2) is 5.69 Å². The van der Waals surface area contributed by atoms with Gasteiger partial charge in [-0.05, 0) is 23.8 Å². The summed E-state index contributed by atoms with van der Waals surface area (Å²) in [6.07, 6.45) is 1.59. The monoisotopic (exact) mass is 358 g/mol. The lowest BCUT2D eigenvalue weighted by Crippen LogP contribution is -2.11. The molecule has 0 aliphatic carbocycles. The van der Waals surface area contributed by atoms with Crippen LogP contribution < -0.4 is 5.56 Å². The summed E-state index contributed by atoms with van der Waals surface area (Å²) in [7, 11) is 0. The summed E-state index contributed by atoms with van der Waals surface area (Å²) in [6.45, 7) is 1.81. The summed E-state index contributed by atoms with van der Waals surface area (Å²) in [5, 5.41) is 15.6. The molecular weight excluding hydrogens is 344 g/mol. The molecule has 0 unspecified atom stereocenters. The molecule has 7 heteroatoms. The van der Waals surface area contributed by atoms with Gasteiger partial charge < -0.3 is 9.72 Å². The molecule has 0 spiro atoms. The van der Waals surface area contributed by atoms with E-state index in [9.17, 15) is 14.9 Å². The van der Waals surface area contributed by atoms with E-state index in [1.54, 1.807) is 13.1 Å². The zero-order valence-corrected chi connectivity index (χ0v) is 14.4. The van der Waals surface area contributed by atoms with Crippen LogP contribution in [0, 0.1) is 11.3 Å². The van der Waals surface area contributed by atoms with E-state index < -0.39 is 11.5 Å². The maximum Gasteiger partial charge on any atom is 0.360 e. The van der Waals surface area contributed by atoms with Crippen molar-refractivity contribution >= 4 is 22.3 Å². The third kappa shape index (κ3) is 2.73. The fourth-order valence-corrected chi connectivity index (χ4v) is 3.03. The van der Waals surface area contributed by atoms with E-state index in [1.807, 2.05) is 48.5 Å². The number of hydrogen-bond donors (Lipinski definition) is 1. The maximum atomic E-state index is 12.6. The highest BCUT2D eigenvalue weighted by molar-refractivity contribution is 5.93. The van der Waals surface area contributed by atoms with Gasteiger partial charge in [0.05, 0.1) is 18.5 Å². The molecule has 4 rings (SSSR count). The minimum Gasteiger partial charge on any atom is -0.461 e. The van der Waals surface area contributed by atoms with Crippen molar-refractivity contribution in [2.75, 3.05) is 6.61 Å². The molecule has 132 valence electrons. The first-order valence-electron chi connectivity index (χ1n) is 8.34. The van der Waals surface area contributed by atoms with Crippen molar-refractivity contribution in [2.45, 2.75) is 6.92 Å². The third-order valence-electron chi connectivity index (χ3n) is 4.27. The SMILES string of the molecule is CCOC(=O)c1nn2cc(-c3ccc4ccccc4c3)[nH]c(=O)c2c1C#N. The largest absolute Gasteiger partial charge is 0.461 e. The molecule has 2 heterocycles. The minimum absolute atomic E-state index is 0.0186. The molecule has 7 nitrogen and oxygen atoms in total. The summed E-state index contributed by atoms with van der Waals surface area (Å²) >= 11 is 0. The van der Waals surface area contributed by atoms with Crippen LogP contribution in [-0.4, -0.2) is 27.2 Å². The second-order valence-electron chi connectivity index (χ2n) is 5.91. The molecule has 1 N–H and O–H groups in total. The van der Waals surface area contributed by atoms with E-state index in [0.29, 0.717) is 5.69 Å². The van der Waals surface area contributed by atoms with Crippen molar-refractivity contribution in [3.63, 3.8) is 0 Å². The average Bonchev–Trinajstić information content (AvgIpc) is 3.07. The summed E-state index contributed by atoms with van der Waals surface area (Å²) in [5.41, 5.74) is 0.575. The van der Waals surface area contributed by atoms with Crippen LogP contribution in [-0.2, 0) is 4.74 Å². The number of esters is 1. The predicted octanol–water partition coefficient (Wildman–Crippen LogP) is 2.89. The van der Waals surface area contributed by atoms with Crippen molar-refractivity contribution in [3.05, 3.63) is 70.3 Å². The second-order valence-corrected chi connectivity index (χ2v) is 5.91. The fourth-order valence-electron chi connectivity index (χ4n) is 3.03. The number of nitriles is 1. The molecule has 0 aliphatic heterocycles. The standard InChI is InChI=1S/C20H14N4O3/c1-2-27-20(26)17-15(10-21)18-19(25)22-16(11-24(18)23-17)14-8-7-12-5-3-4-6-13(12)9-14/h3-9,11H,2H2,1H3,(H,22,25). The van der Waals surface area contributed by atoms with Crippen molar-refractivity contribution < 1.29 is 9.53 Å². The van der Waals surface area contributed by atoms with E-state index in [4.69, 9.17) is 4.74 Å². The normalized spacial score (nSPS) is 10.8. The first-order chi connectivity index (χ1) is 13.1. The Hall–Kier alpha value is -3.92. The van der Waals surface area contributed by atoms with Gasteiger partial charge in [-0.2, -0.15) is 10.4 Å². The highest BCUT2D eigenvalue weighted by Gasteiger charge is 2.23. The Labute approximate surface area is 153 Å². The van der Waals surface area contributed by atoms with Gasteiger partial charge in [-0.15, -0.1) is 0 Å². The zero-order chi connectivity index (χ0) is 19.0. The molecule has 2 aromatic heterocycles. The average molecular weight is 358 g/mol. The molecule has 0 bridgehead atoms. The maximum absolute atomic E-state index is 12.6. The highest BCUT2D eigenvalue weighted by Crippen LogP contribution is 2.23. The number of nitrogens with zero attached hydrogens (tertiary/aromatic N) is 3.